The Kier molecular flexibility index (Phi) is 4.54. The van der Waals surface area contributed by atoms with Crippen molar-refractivity contribution in [1.29, 1.82) is 0 Å². The summed E-state index contributed by atoms with van der Waals surface area (Å²) in [5, 5.41) is 5.64. The number of fused-ring (bicyclic) bond motifs is 1. The molecule has 1 nitrogen and oxygen atoms in total. The SMILES string of the molecule is CC(C)C(C)(C)CNCc1sc2ccccc2c1Cl. The van der Waals surface area contributed by atoms with Gasteiger partial charge in [0.25, 0.3) is 0 Å². The summed E-state index contributed by atoms with van der Waals surface area (Å²) < 4.78 is 1.27. The van der Waals surface area contributed by atoms with Crippen molar-refractivity contribution in [3.63, 3.8) is 0 Å². The Morgan fingerprint density at radius 1 is 1.26 bits per heavy atom. The van der Waals surface area contributed by atoms with Gasteiger partial charge in [-0.1, -0.05) is 57.5 Å². The van der Waals surface area contributed by atoms with Crippen LogP contribution in [0.4, 0.5) is 0 Å². The van der Waals surface area contributed by atoms with Gasteiger partial charge in [0.1, 0.15) is 0 Å². The topological polar surface area (TPSA) is 12.0 Å². The van der Waals surface area contributed by atoms with Crippen molar-refractivity contribution in [3.05, 3.63) is 34.2 Å². The van der Waals surface area contributed by atoms with Crippen molar-refractivity contribution in [3.8, 4) is 0 Å². The number of hydrogen-bond donors (Lipinski definition) is 1. The van der Waals surface area contributed by atoms with Crippen molar-refractivity contribution in [2.45, 2.75) is 34.2 Å². The second kappa shape index (κ2) is 5.82. The van der Waals surface area contributed by atoms with E-state index >= 15 is 0 Å². The van der Waals surface area contributed by atoms with E-state index in [1.165, 1.54) is 15.0 Å². The maximum Gasteiger partial charge on any atom is 0.0636 e. The van der Waals surface area contributed by atoms with Gasteiger partial charge in [0.05, 0.1) is 5.02 Å². The summed E-state index contributed by atoms with van der Waals surface area (Å²) in [4.78, 5) is 1.24. The standard InChI is InChI=1S/C16H22ClNS/c1-11(2)16(3,4)10-18-9-14-15(17)12-7-5-6-8-13(12)19-14/h5-8,11,18H,9-10H2,1-4H3. The van der Waals surface area contributed by atoms with E-state index in [1.54, 1.807) is 11.3 Å². The summed E-state index contributed by atoms with van der Waals surface area (Å²) in [5.41, 5.74) is 0.309. The van der Waals surface area contributed by atoms with Gasteiger partial charge >= 0.3 is 0 Å². The third kappa shape index (κ3) is 3.31. The molecule has 104 valence electrons. The maximum atomic E-state index is 6.44. The minimum atomic E-state index is 0.309. The fourth-order valence-electron chi connectivity index (χ4n) is 1.88. The van der Waals surface area contributed by atoms with Crippen LogP contribution in [0.3, 0.4) is 0 Å². The van der Waals surface area contributed by atoms with Crippen LogP contribution in [0.2, 0.25) is 5.02 Å². The highest BCUT2D eigenvalue weighted by Crippen LogP contribution is 2.35. The third-order valence-electron chi connectivity index (χ3n) is 4.03. The molecule has 2 rings (SSSR count). The Hall–Kier alpha value is -0.570. The predicted molar refractivity (Wildman–Crippen MR) is 87.2 cm³/mol. The van der Waals surface area contributed by atoms with Gasteiger partial charge in [0, 0.05) is 28.1 Å². The van der Waals surface area contributed by atoms with Crippen molar-refractivity contribution in [2.24, 2.45) is 11.3 Å². The van der Waals surface area contributed by atoms with Crippen LogP contribution in [-0.4, -0.2) is 6.54 Å². The van der Waals surface area contributed by atoms with Crippen LogP contribution < -0.4 is 5.32 Å². The van der Waals surface area contributed by atoms with Gasteiger partial charge in [-0.25, -0.2) is 0 Å². The summed E-state index contributed by atoms with van der Waals surface area (Å²) in [6.45, 7) is 11.0. The lowest BCUT2D eigenvalue weighted by atomic mass is 9.81. The van der Waals surface area contributed by atoms with Gasteiger partial charge in [-0.2, -0.15) is 0 Å². The second-order valence-electron chi connectivity index (χ2n) is 6.08. The number of benzene rings is 1. The number of rotatable bonds is 5. The minimum absolute atomic E-state index is 0.309. The molecule has 0 amide bonds. The van der Waals surface area contributed by atoms with Crippen LogP contribution >= 0.6 is 22.9 Å². The number of halogens is 1. The van der Waals surface area contributed by atoms with Gasteiger partial charge in [-0.15, -0.1) is 11.3 Å². The largest absolute Gasteiger partial charge is 0.311 e. The van der Waals surface area contributed by atoms with Crippen molar-refractivity contribution >= 4 is 33.0 Å². The molecule has 1 aromatic carbocycles. The molecule has 19 heavy (non-hydrogen) atoms. The molecule has 2 aromatic rings. The summed E-state index contributed by atoms with van der Waals surface area (Å²) in [6, 6.07) is 8.33. The highest BCUT2D eigenvalue weighted by molar-refractivity contribution is 7.19. The molecule has 0 saturated heterocycles. The zero-order valence-electron chi connectivity index (χ0n) is 12.1. The lowest BCUT2D eigenvalue weighted by Crippen LogP contribution is -2.33. The molecule has 0 atom stereocenters. The molecular weight excluding hydrogens is 274 g/mol. The highest BCUT2D eigenvalue weighted by Gasteiger charge is 2.21. The molecule has 0 aliphatic rings. The molecule has 0 unspecified atom stereocenters. The van der Waals surface area contributed by atoms with Gasteiger partial charge < -0.3 is 5.32 Å². The molecule has 1 N–H and O–H groups in total. The van der Waals surface area contributed by atoms with Gasteiger partial charge in [0.2, 0.25) is 0 Å². The fourth-order valence-corrected chi connectivity index (χ4v) is 3.35. The quantitative estimate of drug-likeness (QED) is 0.786. The normalized spacial score (nSPS) is 12.5. The molecule has 0 fully saturated rings. The molecule has 0 bridgehead atoms. The first-order valence-corrected chi connectivity index (χ1v) is 7.98. The van der Waals surface area contributed by atoms with Crippen molar-refractivity contribution in [1.82, 2.24) is 5.32 Å². The lowest BCUT2D eigenvalue weighted by Gasteiger charge is -2.29. The maximum absolute atomic E-state index is 6.44. The zero-order chi connectivity index (χ0) is 14.0. The smallest absolute Gasteiger partial charge is 0.0636 e. The predicted octanol–water partition coefficient (Wildman–Crippen LogP) is 5.33. The lowest BCUT2D eigenvalue weighted by molar-refractivity contribution is 0.238. The Labute approximate surface area is 125 Å². The Morgan fingerprint density at radius 3 is 2.58 bits per heavy atom. The van der Waals surface area contributed by atoms with E-state index in [9.17, 15) is 0 Å². The molecule has 1 aromatic heterocycles. The Bertz CT molecular complexity index is 557. The van der Waals surface area contributed by atoms with E-state index in [0.717, 1.165) is 18.1 Å². The Balaban J connectivity index is 2.04. The summed E-state index contributed by atoms with van der Waals surface area (Å²) in [6.07, 6.45) is 0. The first-order valence-electron chi connectivity index (χ1n) is 6.78. The fraction of sp³-hybridized carbons (Fsp3) is 0.500. The van der Waals surface area contributed by atoms with E-state index in [0.29, 0.717) is 11.3 Å². The van der Waals surface area contributed by atoms with Crippen LogP contribution in [0.1, 0.15) is 32.6 Å². The third-order valence-corrected chi connectivity index (χ3v) is 5.75. The van der Waals surface area contributed by atoms with Crippen LogP contribution in [0.15, 0.2) is 24.3 Å². The zero-order valence-corrected chi connectivity index (χ0v) is 13.7. The molecule has 1 heterocycles. The van der Waals surface area contributed by atoms with Gasteiger partial charge in [-0.05, 0) is 17.4 Å². The van der Waals surface area contributed by atoms with E-state index in [4.69, 9.17) is 11.6 Å². The molecule has 0 spiro atoms. The van der Waals surface area contributed by atoms with Crippen LogP contribution in [0.5, 0.6) is 0 Å². The second-order valence-corrected chi connectivity index (χ2v) is 7.60. The molecule has 0 aliphatic carbocycles. The summed E-state index contributed by atoms with van der Waals surface area (Å²) >= 11 is 8.23. The molecule has 0 radical (unpaired) electrons. The molecule has 0 aliphatic heterocycles. The van der Waals surface area contributed by atoms with E-state index in [-0.39, 0.29) is 0 Å². The first-order chi connectivity index (χ1) is 8.92. The van der Waals surface area contributed by atoms with Crippen LogP contribution in [-0.2, 0) is 6.54 Å². The van der Waals surface area contributed by atoms with E-state index in [1.807, 2.05) is 6.07 Å². The highest BCUT2D eigenvalue weighted by atomic mass is 35.5. The molecule has 3 heteroatoms. The number of nitrogens with one attached hydrogen (secondary N) is 1. The summed E-state index contributed by atoms with van der Waals surface area (Å²) in [7, 11) is 0. The van der Waals surface area contributed by atoms with Gasteiger partial charge in [-0.3, -0.25) is 0 Å². The minimum Gasteiger partial charge on any atom is -0.311 e. The van der Waals surface area contributed by atoms with Crippen LogP contribution in [0.25, 0.3) is 10.1 Å². The Morgan fingerprint density at radius 2 is 1.95 bits per heavy atom. The first kappa shape index (κ1) is 14.8. The van der Waals surface area contributed by atoms with E-state index in [2.05, 4.69) is 51.2 Å². The van der Waals surface area contributed by atoms with Gasteiger partial charge in [0.15, 0.2) is 0 Å². The van der Waals surface area contributed by atoms with Crippen molar-refractivity contribution in [2.75, 3.05) is 6.54 Å². The average molecular weight is 296 g/mol. The monoisotopic (exact) mass is 295 g/mol. The number of hydrogen-bond acceptors (Lipinski definition) is 2. The van der Waals surface area contributed by atoms with E-state index < -0.39 is 0 Å². The van der Waals surface area contributed by atoms with Crippen molar-refractivity contribution < 1.29 is 0 Å². The van der Waals surface area contributed by atoms with Crippen LogP contribution in [0, 0.1) is 11.3 Å². The average Bonchev–Trinajstić information content (AvgIpc) is 2.67. The summed E-state index contributed by atoms with van der Waals surface area (Å²) in [5.74, 6) is 0.665. The number of thiophene rings is 1. The molecule has 0 saturated carbocycles. The molecular formula is C16H22ClNS.